The van der Waals surface area contributed by atoms with E-state index in [9.17, 15) is 14.4 Å². The van der Waals surface area contributed by atoms with Gasteiger partial charge in [-0.1, -0.05) is 18.5 Å². The number of fused-ring (bicyclic) bond motifs is 1. The van der Waals surface area contributed by atoms with Crippen LogP contribution in [0.4, 0.5) is 0 Å². The van der Waals surface area contributed by atoms with Crippen molar-refractivity contribution in [3.8, 4) is 5.75 Å². The summed E-state index contributed by atoms with van der Waals surface area (Å²) >= 11 is 6.02. The number of nitrogens with one attached hydrogen (secondary N) is 2. The van der Waals surface area contributed by atoms with Crippen LogP contribution in [0.1, 0.15) is 42.4 Å². The lowest BCUT2D eigenvalue weighted by Gasteiger charge is -2.22. The fourth-order valence-electron chi connectivity index (χ4n) is 3.42. The van der Waals surface area contributed by atoms with Gasteiger partial charge in [0, 0.05) is 30.1 Å². The molecular weight excluding hydrogens is 444 g/mol. The lowest BCUT2D eigenvalue weighted by molar-refractivity contribution is -0.132. The molecule has 1 aromatic heterocycles. The van der Waals surface area contributed by atoms with Gasteiger partial charge >= 0.3 is 0 Å². The Bertz CT molecular complexity index is 1180. The van der Waals surface area contributed by atoms with Crippen LogP contribution in [0.15, 0.2) is 47.3 Å². The molecule has 2 N–H and O–H groups in total. The normalized spacial score (nSPS) is 10.8. The number of halogens is 1. The molecule has 9 heteroatoms. The summed E-state index contributed by atoms with van der Waals surface area (Å²) in [5.41, 5.74) is 0.754. The summed E-state index contributed by atoms with van der Waals surface area (Å²) in [5.74, 6) is 0.819. The smallest absolute Gasteiger partial charge is 0.258 e. The monoisotopic (exact) mass is 470 g/mol. The van der Waals surface area contributed by atoms with Gasteiger partial charge in [0.15, 0.2) is 0 Å². The van der Waals surface area contributed by atoms with Crippen LogP contribution in [-0.2, 0) is 11.3 Å². The fraction of sp³-hybridized carbons (Fsp3) is 0.333. The maximum atomic E-state index is 12.8. The number of hydrogen-bond donors (Lipinski definition) is 2. The summed E-state index contributed by atoms with van der Waals surface area (Å²) in [6.07, 6.45) is 1.54. The van der Waals surface area contributed by atoms with E-state index >= 15 is 0 Å². The molecule has 0 unspecified atom stereocenters. The summed E-state index contributed by atoms with van der Waals surface area (Å²) in [4.78, 5) is 46.3. The topological polar surface area (TPSA) is 104 Å². The second kappa shape index (κ2) is 11.5. The summed E-state index contributed by atoms with van der Waals surface area (Å²) in [6, 6.07) is 11.7. The molecule has 0 radical (unpaired) electrons. The van der Waals surface area contributed by atoms with Gasteiger partial charge in [-0.05, 0) is 55.3 Å². The van der Waals surface area contributed by atoms with Crippen molar-refractivity contribution in [2.24, 2.45) is 0 Å². The zero-order valence-electron chi connectivity index (χ0n) is 18.7. The van der Waals surface area contributed by atoms with Crippen molar-refractivity contribution in [1.29, 1.82) is 0 Å². The Morgan fingerprint density at radius 2 is 1.94 bits per heavy atom. The molecule has 2 aromatic carbocycles. The average Bonchev–Trinajstić information content (AvgIpc) is 2.81. The molecule has 0 fully saturated rings. The SMILES string of the molecule is CCCN(Cc1nc2cc(Cl)ccc2c(=O)[nH]1)C(=O)CCCNC(=O)c1ccc(OC)cc1. The van der Waals surface area contributed by atoms with E-state index in [0.29, 0.717) is 52.6 Å². The zero-order chi connectivity index (χ0) is 23.8. The predicted molar refractivity (Wildman–Crippen MR) is 128 cm³/mol. The Morgan fingerprint density at radius 1 is 1.18 bits per heavy atom. The maximum absolute atomic E-state index is 12.8. The number of ether oxygens (including phenoxy) is 1. The van der Waals surface area contributed by atoms with E-state index in [1.54, 1.807) is 54.5 Å². The number of H-pyrrole nitrogens is 1. The summed E-state index contributed by atoms with van der Waals surface area (Å²) < 4.78 is 5.09. The molecule has 0 bridgehead atoms. The van der Waals surface area contributed by atoms with Crippen LogP contribution >= 0.6 is 11.6 Å². The number of nitrogens with zero attached hydrogens (tertiary/aromatic N) is 2. The Hall–Kier alpha value is -3.39. The van der Waals surface area contributed by atoms with E-state index in [4.69, 9.17) is 16.3 Å². The molecule has 0 saturated heterocycles. The highest BCUT2D eigenvalue weighted by Crippen LogP contribution is 2.15. The average molecular weight is 471 g/mol. The van der Waals surface area contributed by atoms with E-state index < -0.39 is 0 Å². The summed E-state index contributed by atoms with van der Waals surface area (Å²) in [5, 5.41) is 3.76. The molecule has 2 amide bonds. The van der Waals surface area contributed by atoms with Crippen molar-refractivity contribution in [2.45, 2.75) is 32.7 Å². The standard InChI is InChI=1S/C24H27ClN4O4/c1-3-13-29(15-21-27-20-14-17(25)8-11-19(20)24(32)28-21)22(30)5-4-12-26-23(31)16-6-9-18(33-2)10-7-16/h6-11,14H,3-5,12-13,15H2,1-2H3,(H,26,31)(H,27,28,32). The third kappa shape index (κ3) is 6.55. The molecule has 3 aromatic rings. The first-order valence-corrected chi connectivity index (χ1v) is 11.2. The largest absolute Gasteiger partial charge is 0.497 e. The lowest BCUT2D eigenvalue weighted by atomic mass is 10.2. The maximum Gasteiger partial charge on any atom is 0.258 e. The third-order valence-corrected chi connectivity index (χ3v) is 5.34. The number of aromatic nitrogens is 2. The number of hydrogen-bond acceptors (Lipinski definition) is 5. The molecule has 0 saturated carbocycles. The third-order valence-electron chi connectivity index (χ3n) is 5.11. The van der Waals surface area contributed by atoms with Crippen LogP contribution in [0, 0.1) is 0 Å². The van der Waals surface area contributed by atoms with E-state index in [-0.39, 0.29) is 30.3 Å². The Kier molecular flexibility index (Phi) is 8.43. The molecule has 0 aliphatic heterocycles. The van der Waals surface area contributed by atoms with Gasteiger partial charge in [0.25, 0.3) is 11.5 Å². The zero-order valence-corrected chi connectivity index (χ0v) is 19.4. The lowest BCUT2D eigenvalue weighted by Crippen LogP contribution is -2.33. The fourth-order valence-corrected chi connectivity index (χ4v) is 3.59. The quantitative estimate of drug-likeness (QED) is 0.441. The van der Waals surface area contributed by atoms with E-state index in [1.165, 1.54) is 0 Å². The van der Waals surface area contributed by atoms with Crippen LogP contribution in [0.3, 0.4) is 0 Å². The van der Waals surface area contributed by atoms with Gasteiger partial charge in [-0.25, -0.2) is 4.98 Å². The molecule has 0 aliphatic rings. The van der Waals surface area contributed by atoms with E-state index in [1.807, 2.05) is 6.92 Å². The molecule has 8 nitrogen and oxygen atoms in total. The molecule has 0 aliphatic carbocycles. The first-order chi connectivity index (χ1) is 15.9. The van der Waals surface area contributed by atoms with Gasteiger partial charge in [0.2, 0.25) is 5.91 Å². The molecule has 0 atom stereocenters. The van der Waals surface area contributed by atoms with Crippen LogP contribution in [0.25, 0.3) is 10.9 Å². The predicted octanol–water partition coefficient (Wildman–Crippen LogP) is 3.53. The number of benzene rings is 2. The number of rotatable bonds is 10. The number of methoxy groups -OCH3 is 1. The minimum atomic E-state index is -0.267. The van der Waals surface area contributed by atoms with Crippen molar-refractivity contribution >= 4 is 34.3 Å². The molecule has 174 valence electrons. The number of carbonyl (C=O) groups is 2. The van der Waals surface area contributed by atoms with Crippen molar-refractivity contribution in [1.82, 2.24) is 20.2 Å². The van der Waals surface area contributed by atoms with Crippen LogP contribution < -0.4 is 15.6 Å². The van der Waals surface area contributed by atoms with Crippen LogP contribution in [0.2, 0.25) is 5.02 Å². The van der Waals surface area contributed by atoms with Crippen molar-refractivity contribution in [2.75, 3.05) is 20.2 Å². The second-order valence-electron chi connectivity index (χ2n) is 7.58. The van der Waals surface area contributed by atoms with Gasteiger partial charge < -0.3 is 19.9 Å². The van der Waals surface area contributed by atoms with Gasteiger partial charge in [-0.15, -0.1) is 0 Å². The van der Waals surface area contributed by atoms with Gasteiger partial charge in [-0.2, -0.15) is 0 Å². The van der Waals surface area contributed by atoms with Crippen molar-refractivity contribution in [3.05, 3.63) is 69.2 Å². The summed E-state index contributed by atoms with van der Waals surface area (Å²) in [6.45, 7) is 3.09. The Balaban J connectivity index is 1.56. The van der Waals surface area contributed by atoms with Crippen molar-refractivity contribution in [3.63, 3.8) is 0 Å². The highest BCUT2D eigenvalue weighted by atomic mass is 35.5. The van der Waals surface area contributed by atoms with Gasteiger partial charge in [-0.3, -0.25) is 14.4 Å². The summed E-state index contributed by atoms with van der Waals surface area (Å²) in [7, 11) is 1.57. The molecule has 33 heavy (non-hydrogen) atoms. The van der Waals surface area contributed by atoms with E-state index in [2.05, 4.69) is 15.3 Å². The number of carbonyl (C=O) groups excluding carboxylic acids is 2. The Labute approximate surface area is 196 Å². The highest BCUT2D eigenvalue weighted by Gasteiger charge is 2.15. The highest BCUT2D eigenvalue weighted by molar-refractivity contribution is 6.31. The molecule has 0 spiro atoms. The van der Waals surface area contributed by atoms with Gasteiger partial charge in [0.1, 0.15) is 11.6 Å². The Morgan fingerprint density at radius 3 is 2.64 bits per heavy atom. The number of amides is 2. The van der Waals surface area contributed by atoms with E-state index in [0.717, 1.165) is 6.42 Å². The molecular formula is C24H27ClN4O4. The van der Waals surface area contributed by atoms with Gasteiger partial charge in [0.05, 0.1) is 24.6 Å². The number of aromatic amines is 1. The second-order valence-corrected chi connectivity index (χ2v) is 8.01. The van der Waals surface area contributed by atoms with Crippen LogP contribution in [-0.4, -0.2) is 46.9 Å². The van der Waals surface area contributed by atoms with Crippen molar-refractivity contribution < 1.29 is 14.3 Å². The minimum absolute atomic E-state index is 0.0654. The molecule has 1 heterocycles. The first-order valence-electron chi connectivity index (χ1n) is 10.8. The minimum Gasteiger partial charge on any atom is -0.497 e. The van der Waals surface area contributed by atoms with Crippen LogP contribution in [0.5, 0.6) is 5.75 Å². The first kappa shape index (κ1) is 24.3. The molecule has 3 rings (SSSR count).